The van der Waals surface area contributed by atoms with E-state index in [9.17, 15) is 0 Å². The molecule has 0 aliphatic rings. The topological polar surface area (TPSA) is 49.6 Å². The quantitative estimate of drug-likeness (QED) is 0.664. The lowest BCUT2D eigenvalue weighted by Crippen LogP contribution is -1.87. The van der Waals surface area contributed by atoms with Gasteiger partial charge in [-0.15, -0.1) is 16.9 Å². The number of aromatic nitrogens is 2. The first-order valence-corrected chi connectivity index (χ1v) is 4.71. The molecule has 0 atom stereocenters. The minimum atomic E-state index is 0.573. The summed E-state index contributed by atoms with van der Waals surface area (Å²) >= 11 is 1.63. The zero-order valence-corrected chi connectivity index (χ0v) is 7.64. The van der Waals surface area contributed by atoms with Crippen molar-refractivity contribution in [2.45, 2.75) is 18.4 Å². The van der Waals surface area contributed by atoms with Crippen molar-refractivity contribution < 1.29 is 0 Å². The Hall–Kier alpha value is -1.08. The Kier molecular flexibility index (Phi) is 3.55. The molecule has 0 amide bonds. The predicted octanol–water partition coefficient (Wildman–Crippen LogP) is 1.85. The van der Waals surface area contributed by atoms with Gasteiger partial charge >= 0.3 is 0 Å². The Balaban J connectivity index is 2.68. The normalized spacial score (nSPS) is 9.33. The lowest BCUT2D eigenvalue weighted by atomic mass is 10.3. The maximum atomic E-state index is 8.56. The fourth-order valence-corrected chi connectivity index (χ4v) is 1.41. The molecule has 0 aromatic carbocycles. The molecule has 0 aliphatic heterocycles. The summed E-state index contributed by atoms with van der Waals surface area (Å²) in [6, 6.07) is 3.79. The van der Waals surface area contributed by atoms with Crippen molar-refractivity contribution in [2.24, 2.45) is 0 Å². The lowest BCUT2D eigenvalue weighted by Gasteiger charge is -1.96. The van der Waals surface area contributed by atoms with Crippen molar-refractivity contribution >= 4 is 11.8 Å². The molecule has 0 radical (unpaired) electrons. The van der Waals surface area contributed by atoms with Crippen LogP contribution in [-0.2, 0) is 0 Å². The van der Waals surface area contributed by atoms with Crippen LogP contribution >= 0.6 is 11.8 Å². The molecule has 0 saturated heterocycles. The first-order chi connectivity index (χ1) is 5.86. The third-order valence-electron chi connectivity index (χ3n) is 1.22. The van der Waals surface area contributed by atoms with Gasteiger partial charge in [0.15, 0.2) is 0 Å². The van der Waals surface area contributed by atoms with Gasteiger partial charge in [0.2, 0.25) is 0 Å². The molecule has 0 N–H and O–H groups in total. The molecule has 0 bridgehead atoms. The Morgan fingerprint density at radius 3 is 3.17 bits per heavy atom. The van der Waals surface area contributed by atoms with Crippen LogP contribution in [0.5, 0.6) is 0 Å². The second kappa shape index (κ2) is 4.73. The van der Waals surface area contributed by atoms with Crippen LogP contribution in [0.1, 0.15) is 18.9 Å². The van der Waals surface area contributed by atoms with Gasteiger partial charge in [-0.25, -0.2) is 0 Å². The van der Waals surface area contributed by atoms with Crippen molar-refractivity contribution in [1.29, 1.82) is 5.26 Å². The number of rotatable bonds is 3. The highest BCUT2D eigenvalue weighted by molar-refractivity contribution is 7.99. The van der Waals surface area contributed by atoms with E-state index in [1.807, 2.05) is 6.07 Å². The Morgan fingerprint density at radius 2 is 2.50 bits per heavy atom. The average molecular weight is 179 g/mol. The SMILES string of the molecule is CCCSc1cc(C#N)cnn1. The van der Waals surface area contributed by atoms with E-state index in [0.29, 0.717) is 5.56 Å². The van der Waals surface area contributed by atoms with Gasteiger partial charge in [-0.3, -0.25) is 0 Å². The van der Waals surface area contributed by atoms with Gasteiger partial charge in [0.1, 0.15) is 11.1 Å². The first-order valence-electron chi connectivity index (χ1n) is 3.72. The number of hydrogen-bond donors (Lipinski definition) is 0. The van der Waals surface area contributed by atoms with Crippen molar-refractivity contribution in [3.8, 4) is 6.07 Å². The van der Waals surface area contributed by atoms with Gasteiger partial charge in [0.25, 0.3) is 0 Å². The van der Waals surface area contributed by atoms with Crippen LogP contribution in [0.2, 0.25) is 0 Å². The van der Waals surface area contributed by atoms with Gasteiger partial charge in [-0.1, -0.05) is 6.92 Å². The van der Waals surface area contributed by atoms with Crippen LogP contribution in [0.15, 0.2) is 17.3 Å². The number of hydrogen-bond acceptors (Lipinski definition) is 4. The van der Waals surface area contributed by atoms with Crippen LogP contribution in [0.3, 0.4) is 0 Å². The molecule has 0 unspecified atom stereocenters. The number of nitriles is 1. The lowest BCUT2D eigenvalue weighted by molar-refractivity contribution is 0.922. The summed E-state index contributed by atoms with van der Waals surface area (Å²) in [5, 5.41) is 17.0. The van der Waals surface area contributed by atoms with E-state index in [2.05, 4.69) is 17.1 Å². The van der Waals surface area contributed by atoms with Gasteiger partial charge in [0, 0.05) is 0 Å². The van der Waals surface area contributed by atoms with E-state index in [-0.39, 0.29) is 0 Å². The number of nitrogens with zero attached hydrogens (tertiary/aromatic N) is 3. The van der Waals surface area contributed by atoms with Crippen molar-refractivity contribution in [3.05, 3.63) is 17.8 Å². The molecule has 12 heavy (non-hydrogen) atoms. The number of thioether (sulfide) groups is 1. The molecular formula is C8H9N3S. The molecule has 0 fully saturated rings. The Morgan fingerprint density at radius 1 is 1.67 bits per heavy atom. The molecule has 1 heterocycles. The van der Waals surface area contributed by atoms with Gasteiger partial charge in [0.05, 0.1) is 11.8 Å². The monoisotopic (exact) mass is 179 g/mol. The predicted molar refractivity (Wildman–Crippen MR) is 47.8 cm³/mol. The van der Waals surface area contributed by atoms with E-state index >= 15 is 0 Å². The van der Waals surface area contributed by atoms with E-state index in [4.69, 9.17) is 5.26 Å². The summed E-state index contributed by atoms with van der Waals surface area (Å²) in [5.41, 5.74) is 0.573. The largest absolute Gasteiger partial charge is 0.192 e. The molecule has 4 heteroatoms. The fourth-order valence-electron chi connectivity index (χ4n) is 0.685. The van der Waals surface area contributed by atoms with Gasteiger partial charge in [-0.05, 0) is 18.2 Å². The first kappa shape index (κ1) is 9.01. The molecule has 62 valence electrons. The molecule has 0 aliphatic carbocycles. The molecule has 0 spiro atoms. The summed E-state index contributed by atoms with van der Waals surface area (Å²) in [5.74, 6) is 1.02. The smallest absolute Gasteiger partial charge is 0.120 e. The highest BCUT2D eigenvalue weighted by atomic mass is 32.2. The summed E-state index contributed by atoms with van der Waals surface area (Å²) in [6.07, 6.45) is 2.57. The third kappa shape index (κ3) is 2.51. The molecule has 0 saturated carbocycles. The second-order valence-electron chi connectivity index (χ2n) is 2.24. The van der Waals surface area contributed by atoms with E-state index in [0.717, 1.165) is 17.2 Å². The van der Waals surface area contributed by atoms with Gasteiger partial charge in [-0.2, -0.15) is 10.4 Å². The maximum absolute atomic E-state index is 8.56. The van der Waals surface area contributed by atoms with Crippen molar-refractivity contribution in [3.63, 3.8) is 0 Å². The van der Waals surface area contributed by atoms with E-state index < -0.39 is 0 Å². The minimum Gasteiger partial charge on any atom is -0.192 e. The van der Waals surface area contributed by atoms with Crippen LogP contribution in [0.4, 0.5) is 0 Å². The molecular weight excluding hydrogens is 170 g/mol. The molecule has 1 aromatic rings. The maximum Gasteiger partial charge on any atom is 0.120 e. The third-order valence-corrected chi connectivity index (χ3v) is 2.32. The van der Waals surface area contributed by atoms with Crippen molar-refractivity contribution in [2.75, 3.05) is 5.75 Å². The van der Waals surface area contributed by atoms with Crippen LogP contribution in [0, 0.1) is 11.3 Å². The molecule has 1 aromatic heterocycles. The summed E-state index contributed by atoms with van der Waals surface area (Å²) in [7, 11) is 0. The van der Waals surface area contributed by atoms with Crippen LogP contribution in [-0.4, -0.2) is 16.0 Å². The minimum absolute atomic E-state index is 0.573. The summed E-state index contributed by atoms with van der Waals surface area (Å²) in [6.45, 7) is 2.11. The van der Waals surface area contributed by atoms with E-state index in [1.54, 1.807) is 17.8 Å². The standard InChI is InChI=1S/C8H9N3S/c1-2-3-12-8-4-7(5-9)6-10-11-8/h4,6H,2-3H2,1H3. The highest BCUT2D eigenvalue weighted by Gasteiger charge is 1.96. The zero-order valence-electron chi connectivity index (χ0n) is 6.82. The van der Waals surface area contributed by atoms with Gasteiger partial charge < -0.3 is 0 Å². The zero-order chi connectivity index (χ0) is 8.81. The average Bonchev–Trinajstić information content (AvgIpc) is 2.15. The second-order valence-corrected chi connectivity index (χ2v) is 3.36. The Bertz CT molecular complexity index is 293. The summed E-state index contributed by atoms with van der Waals surface area (Å²) in [4.78, 5) is 0. The molecule has 1 rings (SSSR count). The van der Waals surface area contributed by atoms with E-state index in [1.165, 1.54) is 6.20 Å². The van der Waals surface area contributed by atoms with Crippen molar-refractivity contribution in [1.82, 2.24) is 10.2 Å². The summed E-state index contributed by atoms with van der Waals surface area (Å²) < 4.78 is 0. The fraction of sp³-hybridized carbons (Fsp3) is 0.375. The molecule has 3 nitrogen and oxygen atoms in total. The highest BCUT2D eigenvalue weighted by Crippen LogP contribution is 2.15. The van der Waals surface area contributed by atoms with Crippen LogP contribution in [0.25, 0.3) is 0 Å². The Labute approximate surface area is 75.8 Å². The van der Waals surface area contributed by atoms with Crippen LogP contribution < -0.4 is 0 Å².